The van der Waals surface area contributed by atoms with E-state index in [1.165, 1.54) is 0 Å². The summed E-state index contributed by atoms with van der Waals surface area (Å²) >= 11 is 0. The molecule has 4 N–H and O–H groups in total. The zero-order chi connectivity index (χ0) is 27.5. The van der Waals surface area contributed by atoms with Crippen LogP contribution in [0.4, 0.5) is 4.79 Å². The zero-order valence-corrected chi connectivity index (χ0v) is 22.3. The van der Waals surface area contributed by atoms with Crippen molar-refractivity contribution in [2.75, 3.05) is 6.54 Å². The largest absolute Gasteiger partial charge is 0.444 e. The number of alkyl carbamates (subject to hydrolysis) is 1. The molecule has 0 aliphatic carbocycles. The van der Waals surface area contributed by atoms with Gasteiger partial charge in [-0.2, -0.15) is 0 Å². The van der Waals surface area contributed by atoms with Crippen LogP contribution in [0, 0.1) is 26.3 Å². The lowest BCUT2D eigenvalue weighted by Crippen LogP contribution is -2.51. The predicted octanol–water partition coefficient (Wildman–Crippen LogP) is 3.23. The van der Waals surface area contributed by atoms with Gasteiger partial charge in [0.1, 0.15) is 17.7 Å². The first-order valence-electron chi connectivity index (χ1n) is 12.2. The highest BCUT2D eigenvalue weighted by Crippen LogP contribution is 2.26. The van der Waals surface area contributed by atoms with Gasteiger partial charge in [0.15, 0.2) is 0 Å². The van der Waals surface area contributed by atoms with E-state index in [2.05, 4.69) is 23.6 Å². The summed E-state index contributed by atoms with van der Waals surface area (Å²) in [5.41, 5.74) is 6.80. The lowest BCUT2D eigenvalue weighted by molar-refractivity contribution is -0.138. The second-order valence-corrected chi connectivity index (χ2v) is 9.80. The first-order valence-corrected chi connectivity index (χ1v) is 12.2. The van der Waals surface area contributed by atoms with Crippen LogP contribution < -0.4 is 16.4 Å². The average molecular weight is 501 g/mol. The van der Waals surface area contributed by atoms with Gasteiger partial charge in [-0.15, -0.1) is 0 Å². The summed E-state index contributed by atoms with van der Waals surface area (Å²) in [5.74, 6) is -1.81. The van der Waals surface area contributed by atoms with Crippen molar-refractivity contribution >= 4 is 23.8 Å². The van der Waals surface area contributed by atoms with E-state index in [9.17, 15) is 19.2 Å². The maximum atomic E-state index is 13.6. The van der Waals surface area contributed by atoms with Crippen molar-refractivity contribution in [3.8, 4) is 12.5 Å². The van der Waals surface area contributed by atoms with Crippen molar-refractivity contribution in [3.63, 3.8) is 0 Å². The van der Waals surface area contributed by atoms with Crippen molar-refractivity contribution in [1.29, 1.82) is 0 Å². The first-order chi connectivity index (χ1) is 16.8. The number of hydrogen-bond acceptors (Lipinski definition) is 5. The Labute approximate surface area is 214 Å². The van der Waals surface area contributed by atoms with Crippen LogP contribution in [0.5, 0.6) is 0 Å². The molecule has 0 bridgehead atoms. The van der Waals surface area contributed by atoms with Crippen molar-refractivity contribution in [3.05, 3.63) is 34.9 Å². The van der Waals surface area contributed by atoms with E-state index in [-0.39, 0.29) is 12.8 Å². The fourth-order valence-electron chi connectivity index (χ4n) is 3.64. The van der Waals surface area contributed by atoms with Crippen LogP contribution in [0.1, 0.15) is 82.5 Å². The molecule has 0 spiro atoms. The maximum absolute atomic E-state index is 13.6. The Balaban J connectivity index is 3.38. The number of unbranched alkanes of at least 4 members (excludes halogenated alkanes) is 2. The number of amides is 4. The van der Waals surface area contributed by atoms with Crippen LogP contribution >= 0.6 is 0 Å². The highest BCUT2D eigenvalue weighted by molar-refractivity contribution is 5.93. The minimum atomic E-state index is -1.23. The van der Waals surface area contributed by atoms with Crippen LogP contribution in [0.2, 0.25) is 0 Å². The standard InChI is InChI=1S/C27H40N4O5/c1-8-10-11-16-29-24(33)23(20-13-12-18(3)17-19(20)4)31(9-2)25(34)21(14-15-22(28)32)30-26(35)36-27(5,6)7/h2,12-13,17,21,23H,8,10-11,14-16H2,1,3-7H3,(H2,28,32)(H,29,33)(H,30,35). The number of carbonyl (C=O) groups excluding carboxylic acids is 4. The molecular formula is C27H40N4O5. The van der Waals surface area contributed by atoms with Gasteiger partial charge >= 0.3 is 6.09 Å². The monoisotopic (exact) mass is 500 g/mol. The summed E-state index contributed by atoms with van der Waals surface area (Å²) < 4.78 is 5.27. The van der Waals surface area contributed by atoms with Gasteiger partial charge in [-0.05, 0) is 58.6 Å². The Morgan fingerprint density at radius 2 is 1.83 bits per heavy atom. The van der Waals surface area contributed by atoms with Crippen LogP contribution in [0.25, 0.3) is 0 Å². The summed E-state index contributed by atoms with van der Waals surface area (Å²) in [7, 11) is 0. The summed E-state index contributed by atoms with van der Waals surface area (Å²) in [5, 5.41) is 5.36. The highest BCUT2D eigenvalue weighted by Gasteiger charge is 2.36. The van der Waals surface area contributed by atoms with E-state index < -0.39 is 41.5 Å². The second kappa shape index (κ2) is 14.1. The smallest absolute Gasteiger partial charge is 0.408 e. The normalized spacial score (nSPS) is 12.6. The molecule has 0 radical (unpaired) electrons. The van der Waals surface area contributed by atoms with Crippen LogP contribution in [0.3, 0.4) is 0 Å². The molecular weight excluding hydrogens is 460 g/mol. The molecule has 0 aliphatic heterocycles. The van der Waals surface area contributed by atoms with Gasteiger partial charge in [-0.25, -0.2) is 4.79 Å². The van der Waals surface area contributed by atoms with Gasteiger partial charge in [0.25, 0.3) is 5.91 Å². The molecule has 0 heterocycles. The van der Waals surface area contributed by atoms with Gasteiger partial charge in [-0.1, -0.05) is 50.0 Å². The lowest BCUT2D eigenvalue weighted by Gasteiger charge is -2.31. The van der Waals surface area contributed by atoms with Gasteiger partial charge < -0.3 is 21.1 Å². The summed E-state index contributed by atoms with van der Waals surface area (Å²) in [6, 6.07) is 5.46. The molecule has 2 atom stereocenters. The summed E-state index contributed by atoms with van der Waals surface area (Å²) in [6.45, 7) is 11.3. The number of terminal acetylenes is 1. The number of carbonyl (C=O) groups is 4. The fraction of sp³-hybridized carbons (Fsp3) is 0.556. The van der Waals surface area contributed by atoms with Crippen molar-refractivity contribution in [1.82, 2.24) is 15.5 Å². The molecule has 4 amide bonds. The van der Waals surface area contributed by atoms with E-state index in [1.54, 1.807) is 26.8 Å². The minimum Gasteiger partial charge on any atom is -0.444 e. The number of benzene rings is 1. The number of nitrogens with one attached hydrogen (secondary N) is 2. The van der Waals surface area contributed by atoms with E-state index in [4.69, 9.17) is 16.9 Å². The number of hydrogen-bond donors (Lipinski definition) is 3. The quantitative estimate of drug-likeness (QED) is 0.230. The van der Waals surface area contributed by atoms with E-state index in [1.807, 2.05) is 26.0 Å². The molecule has 1 aromatic carbocycles. The van der Waals surface area contributed by atoms with E-state index in [0.29, 0.717) is 12.1 Å². The number of nitrogens with zero attached hydrogens (tertiary/aromatic N) is 1. The third-order valence-corrected chi connectivity index (χ3v) is 5.35. The SMILES string of the molecule is C#CN(C(=O)C(CCC(N)=O)NC(=O)OC(C)(C)C)C(C(=O)NCCCCC)c1ccc(C)cc1C. The van der Waals surface area contributed by atoms with E-state index in [0.717, 1.165) is 35.3 Å². The van der Waals surface area contributed by atoms with Gasteiger partial charge in [0.05, 0.1) is 0 Å². The third kappa shape index (κ3) is 9.98. The Morgan fingerprint density at radius 3 is 2.36 bits per heavy atom. The van der Waals surface area contributed by atoms with E-state index >= 15 is 0 Å². The third-order valence-electron chi connectivity index (χ3n) is 5.35. The molecule has 36 heavy (non-hydrogen) atoms. The number of ether oxygens (including phenoxy) is 1. The van der Waals surface area contributed by atoms with Crippen LogP contribution in [-0.2, 0) is 19.1 Å². The highest BCUT2D eigenvalue weighted by atomic mass is 16.6. The number of primary amides is 1. The molecule has 198 valence electrons. The molecule has 1 rings (SSSR count). The van der Waals surface area contributed by atoms with Crippen LogP contribution in [0.15, 0.2) is 18.2 Å². The van der Waals surface area contributed by atoms with Crippen molar-refractivity contribution < 1.29 is 23.9 Å². The molecule has 1 aromatic rings. The molecule has 9 nitrogen and oxygen atoms in total. The van der Waals surface area contributed by atoms with Crippen molar-refractivity contribution in [2.45, 2.75) is 91.3 Å². The number of aryl methyl sites for hydroxylation is 2. The lowest BCUT2D eigenvalue weighted by atomic mass is 9.96. The second-order valence-electron chi connectivity index (χ2n) is 9.80. The molecule has 0 saturated heterocycles. The Morgan fingerprint density at radius 1 is 1.17 bits per heavy atom. The maximum Gasteiger partial charge on any atom is 0.408 e. The Hall–Kier alpha value is -3.54. The number of nitrogens with two attached hydrogens (primary N) is 1. The van der Waals surface area contributed by atoms with Gasteiger partial charge in [0.2, 0.25) is 11.8 Å². The molecule has 0 saturated carbocycles. The molecule has 0 fully saturated rings. The first kappa shape index (κ1) is 30.5. The fourth-order valence-corrected chi connectivity index (χ4v) is 3.64. The number of rotatable bonds is 12. The predicted molar refractivity (Wildman–Crippen MR) is 138 cm³/mol. The molecule has 0 aromatic heterocycles. The average Bonchev–Trinajstić information content (AvgIpc) is 2.76. The summed E-state index contributed by atoms with van der Waals surface area (Å²) in [4.78, 5) is 51.9. The zero-order valence-electron chi connectivity index (χ0n) is 22.3. The van der Waals surface area contributed by atoms with Gasteiger partial charge in [-0.3, -0.25) is 19.3 Å². The van der Waals surface area contributed by atoms with Gasteiger partial charge in [0, 0.05) is 19.0 Å². The molecule has 9 heteroatoms. The summed E-state index contributed by atoms with van der Waals surface area (Å²) in [6.07, 6.45) is 7.35. The Kier molecular flexibility index (Phi) is 12.0. The van der Waals surface area contributed by atoms with Crippen molar-refractivity contribution in [2.24, 2.45) is 5.73 Å². The Bertz CT molecular complexity index is 977. The molecule has 0 aliphatic rings. The topological polar surface area (TPSA) is 131 Å². The minimum absolute atomic E-state index is 0.108. The van der Waals surface area contributed by atoms with Crippen LogP contribution in [-0.4, -0.2) is 46.9 Å². The molecule has 2 unspecified atom stereocenters.